The van der Waals surface area contributed by atoms with Crippen molar-refractivity contribution in [1.82, 2.24) is 4.90 Å². The molecule has 0 bridgehead atoms. The van der Waals surface area contributed by atoms with Crippen LogP contribution in [0.4, 0.5) is 13.2 Å². The highest BCUT2D eigenvalue weighted by Gasteiger charge is 2.36. The maximum absolute atomic E-state index is 12.3. The van der Waals surface area contributed by atoms with Gasteiger partial charge in [-0.05, 0) is 73.1 Å². The van der Waals surface area contributed by atoms with Crippen molar-refractivity contribution in [1.29, 1.82) is 0 Å². The van der Waals surface area contributed by atoms with Crippen LogP contribution in [0.3, 0.4) is 0 Å². The number of carbonyl (C=O) groups excluding carboxylic acids is 1. The summed E-state index contributed by atoms with van der Waals surface area (Å²) in [5.41, 5.74) is 2.08. The van der Waals surface area contributed by atoms with Gasteiger partial charge in [0.2, 0.25) is 0 Å². The van der Waals surface area contributed by atoms with E-state index in [1.807, 2.05) is 55.6 Å². The van der Waals surface area contributed by atoms with Gasteiger partial charge in [-0.1, -0.05) is 65.7 Å². The number of likely N-dealkylation sites (N-methyl/N-ethyl adjacent to an activating group) is 1. The first-order chi connectivity index (χ1) is 16.5. The minimum atomic E-state index is -4.88. The van der Waals surface area contributed by atoms with E-state index < -0.39 is 17.5 Å². The van der Waals surface area contributed by atoms with Gasteiger partial charge in [0.1, 0.15) is 12.4 Å². The Morgan fingerprint density at radius 2 is 1.37 bits per heavy atom. The van der Waals surface area contributed by atoms with E-state index in [0.717, 1.165) is 17.2 Å². The summed E-state index contributed by atoms with van der Waals surface area (Å²) in [5.74, 6) is -1.33. The van der Waals surface area contributed by atoms with Gasteiger partial charge < -0.3 is 4.74 Å². The predicted molar refractivity (Wildman–Crippen MR) is 134 cm³/mol. The van der Waals surface area contributed by atoms with Crippen molar-refractivity contribution in [2.24, 2.45) is 0 Å². The van der Waals surface area contributed by atoms with Crippen LogP contribution in [0.15, 0.2) is 78.9 Å². The maximum atomic E-state index is 12.3. The monoisotopic (exact) mass is 521 g/mol. The van der Waals surface area contributed by atoms with E-state index in [4.69, 9.17) is 27.9 Å². The quantitative estimate of drug-likeness (QED) is 0.274. The summed E-state index contributed by atoms with van der Waals surface area (Å²) in [6, 6.07) is 21.9. The molecule has 0 aliphatic heterocycles. The van der Waals surface area contributed by atoms with Crippen LogP contribution in [0.1, 0.15) is 23.6 Å². The second-order valence-corrected chi connectivity index (χ2v) is 8.99. The molecular weight excluding hydrogens is 498 g/mol. The summed E-state index contributed by atoms with van der Waals surface area (Å²) in [6.07, 6.45) is -3.24. The van der Waals surface area contributed by atoms with Gasteiger partial charge in [0.05, 0.1) is 5.54 Å². The van der Waals surface area contributed by atoms with E-state index in [0.29, 0.717) is 40.6 Å². The Balaban J connectivity index is 1.68. The zero-order valence-electron chi connectivity index (χ0n) is 19.2. The molecule has 35 heavy (non-hydrogen) atoms. The molecular formula is C27H24Cl2F3NO2. The first-order valence-corrected chi connectivity index (χ1v) is 11.5. The lowest BCUT2D eigenvalue weighted by Crippen LogP contribution is -2.44. The highest BCUT2D eigenvalue weighted by molar-refractivity contribution is 6.30. The van der Waals surface area contributed by atoms with Gasteiger partial charge in [-0.15, -0.1) is 0 Å². The third-order valence-corrected chi connectivity index (χ3v) is 6.36. The molecule has 8 heteroatoms. The molecule has 3 rings (SSSR count). The van der Waals surface area contributed by atoms with Gasteiger partial charge >= 0.3 is 6.18 Å². The molecule has 0 saturated carbocycles. The zero-order chi connectivity index (χ0) is 25.6. The summed E-state index contributed by atoms with van der Waals surface area (Å²) >= 11 is 12.2. The number of benzene rings is 3. The average molecular weight is 522 g/mol. The smallest absolute Gasteiger partial charge is 0.454 e. The van der Waals surface area contributed by atoms with Gasteiger partial charge in [-0.25, -0.2) is 0 Å². The number of hydrogen-bond donors (Lipinski definition) is 0. The van der Waals surface area contributed by atoms with E-state index in [-0.39, 0.29) is 0 Å². The molecule has 0 atom stereocenters. The number of ether oxygens (including phenoxy) is 1. The summed E-state index contributed by atoms with van der Waals surface area (Å²) in [5, 5.41) is 1.30. The van der Waals surface area contributed by atoms with Gasteiger partial charge in [0.15, 0.2) is 0 Å². The molecule has 0 heterocycles. The number of rotatable bonds is 9. The lowest BCUT2D eigenvalue weighted by Gasteiger charge is -2.40. The zero-order valence-corrected chi connectivity index (χ0v) is 20.7. The normalized spacial score (nSPS) is 12.3. The van der Waals surface area contributed by atoms with Gasteiger partial charge in [-0.3, -0.25) is 9.69 Å². The molecule has 3 aromatic rings. The van der Waals surface area contributed by atoms with Crippen molar-refractivity contribution in [2.45, 2.75) is 18.6 Å². The Morgan fingerprint density at radius 3 is 1.83 bits per heavy atom. The Morgan fingerprint density at radius 1 is 0.886 bits per heavy atom. The van der Waals surface area contributed by atoms with Crippen molar-refractivity contribution < 1.29 is 22.7 Å². The highest BCUT2D eigenvalue weighted by Crippen LogP contribution is 2.36. The fourth-order valence-electron chi connectivity index (χ4n) is 3.62. The summed E-state index contributed by atoms with van der Waals surface area (Å²) in [6.45, 7) is 3.06. The molecule has 0 spiro atoms. The Hall–Kier alpha value is -2.80. The molecule has 0 amide bonds. The van der Waals surface area contributed by atoms with Crippen LogP contribution < -0.4 is 4.74 Å². The summed E-state index contributed by atoms with van der Waals surface area (Å²) in [7, 11) is 2.00. The van der Waals surface area contributed by atoms with E-state index in [9.17, 15) is 18.0 Å². The third-order valence-electron chi connectivity index (χ3n) is 5.86. The molecule has 3 nitrogen and oxygen atoms in total. The fourth-order valence-corrected chi connectivity index (χ4v) is 3.87. The molecule has 0 fully saturated rings. The number of nitrogens with zero attached hydrogens (tertiary/aromatic N) is 1. The standard InChI is InChI=1S/C27H24Cl2F3NO2/c1-26(20-6-10-22(28)11-7-20,21-8-12-23(29)13-9-21)33(2)17-18-35-24-14-3-19(4-15-24)5-16-25(34)27(30,31)32/h3-16H,17-18H2,1-2H3. The number of allylic oxidation sites excluding steroid dienone is 1. The van der Waals surface area contributed by atoms with E-state index >= 15 is 0 Å². The number of ketones is 1. The molecule has 0 N–H and O–H groups in total. The van der Waals surface area contributed by atoms with Gasteiger partial charge in [-0.2, -0.15) is 13.2 Å². The number of hydrogen-bond acceptors (Lipinski definition) is 3. The third kappa shape index (κ3) is 6.88. The lowest BCUT2D eigenvalue weighted by atomic mass is 9.83. The second-order valence-electron chi connectivity index (χ2n) is 8.12. The molecule has 0 saturated heterocycles. The molecule has 0 radical (unpaired) electrons. The van der Waals surface area contributed by atoms with Crippen LogP contribution >= 0.6 is 23.2 Å². The van der Waals surface area contributed by atoms with E-state index in [1.165, 1.54) is 0 Å². The number of carbonyl (C=O) groups is 1. The Bertz CT molecular complexity index is 1110. The summed E-state index contributed by atoms with van der Waals surface area (Å²) < 4.78 is 42.8. The topological polar surface area (TPSA) is 29.5 Å². The Kier molecular flexibility index (Phi) is 8.65. The maximum Gasteiger partial charge on any atom is 0.454 e. The van der Waals surface area contributed by atoms with Crippen LogP contribution in [-0.2, 0) is 10.3 Å². The minimum absolute atomic E-state index is 0.370. The first kappa shape index (κ1) is 26.8. The van der Waals surface area contributed by atoms with Crippen molar-refractivity contribution in [3.05, 3.63) is 106 Å². The van der Waals surface area contributed by atoms with Gasteiger partial charge in [0, 0.05) is 16.6 Å². The number of halogens is 5. The molecule has 0 aliphatic carbocycles. The molecule has 3 aromatic carbocycles. The van der Waals surface area contributed by atoms with Crippen molar-refractivity contribution >= 4 is 35.1 Å². The first-order valence-electron chi connectivity index (χ1n) is 10.8. The van der Waals surface area contributed by atoms with Crippen LogP contribution in [0, 0.1) is 0 Å². The van der Waals surface area contributed by atoms with Crippen molar-refractivity contribution in [2.75, 3.05) is 20.2 Å². The highest BCUT2D eigenvalue weighted by atomic mass is 35.5. The largest absolute Gasteiger partial charge is 0.492 e. The Labute approximate surface area is 212 Å². The van der Waals surface area contributed by atoms with Crippen molar-refractivity contribution in [3.63, 3.8) is 0 Å². The van der Waals surface area contributed by atoms with E-state index in [1.54, 1.807) is 24.3 Å². The van der Waals surface area contributed by atoms with Crippen LogP contribution in [-0.4, -0.2) is 37.1 Å². The van der Waals surface area contributed by atoms with Gasteiger partial charge in [0.25, 0.3) is 5.78 Å². The van der Waals surface area contributed by atoms with Crippen LogP contribution in [0.5, 0.6) is 5.75 Å². The molecule has 0 unspecified atom stereocenters. The molecule has 0 aliphatic rings. The predicted octanol–water partition coefficient (Wildman–Crippen LogP) is 7.41. The van der Waals surface area contributed by atoms with Crippen LogP contribution in [0.25, 0.3) is 6.08 Å². The van der Waals surface area contributed by atoms with Crippen LogP contribution in [0.2, 0.25) is 10.0 Å². The second kappa shape index (κ2) is 11.3. The van der Waals surface area contributed by atoms with E-state index in [2.05, 4.69) is 11.8 Å². The minimum Gasteiger partial charge on any atom is -0.492 e. The SMILES string of the molecule is CN(CCOc1ccc(C=CC(=O)C(F)(F)F)cc1)C(C)(c1ccc(Cl)cc1)c1ccc(Cl)cc1. The summed E-state index contributed by atoms with van der Waals surface area (Å²) in [4.78, 5) is 13.1. The lowest BCUT2D eigenvalue weighted by molar-refractivity contribution is -0.165. The van der Waals surface area contributed by atoms with Crippen molar-refractivity contribution in [3.8, 4) is 5.75 Å². The molecule has 0 aromatic heterocycles. The average Bonchev–Trinajstić information content (AvgIpc) is 2.83. The molecule has 184 valence electrons. The fraction of sp³-hybridized carbons (Fsp3) is 0.222. The number of alkyl halides is 3.